The Balaban J connectivity index is 1.53. The number of imidazole rings is 1. The van der Waals surface area contributed by atoms with Crippen LogP contribution in [0.25, 0.3) is 17.3 Å². The van der Waals surface area contributed by atoms with Crippen LogP contribution < -0.4 is 16.4 Å². The maximum Gasteiger partial charge on any atom is 0.419 e. The molecular formula is C23H23F4N7O. The number of hydrogen-bond donors (Lipinski definition) is 2. The highest BCUT2D eigenvalue weighted by molar-refractivity contribution is 5.92. The lowest BCUT2D eigenvalue weighted by Crippen LogP contribution is -2.34. The van der Waals surface area contributed by atoms with Gasteiger partial charge in [0.05, 0.1) is 16.8 Å². The van der Waals surface area contributed by atoms with Gasteiger partial charge >= 0.3 is 6.18 Å². The molecule has 12 heteroatoms. The molecule has 3 heterocycles. The molecule has 0 spiro atoms. The monoisotopic (exact) mass is 489 g/mol. The Morgan fingerprint density at radius 1 is 1.20 bits per heavy atom. The van der Waals surface area contributed by atoms with Gasteiger partial charge < -0.3 is 20.9 Å². The van der Waals surface area contributed by atoms with Crippen LogP contribution in [0, 0.1) is 5.82 Å². The van der Waals surface area contributed by atoms with Crippen molar-refractivity contribution < 1.29 is 22.4 Å². The summed E-state index contributed by atoms with van der Waals surface area (Å²) in [7, 11) is 1.78. The van der Waals surface area contributed by atoms with Crippen molar-refractivity contribution in [2.75, 3.05) is 23.7 Å². The molecule has 4 rings (SSSR count). The lowest BCUT2D eigenvalue weighted by molar-refractivity contribution is -0.140. The fourth-order valence-electron chi connectivity index (χ4n) is 4.23. The Hall–Kier alpha value is -3.96. The highest BCUT2D eigenvalue weighted by Gasteiger charge is 2.34. The molecule has 2 aromatic heterocycles. The maximum atomic E-state index is 13.7. The van der Waals surface area contributed by atoms with E-state index in [1.807, 2.05) is 4.90 Å². The molecule has 0 atom stereocenters. The Bertz CT molecular complexity index is 1280. The number of carbonyl (C=O) groups is 1. The molecule has 0 radical (unpaired) electrons. The summed E-state index contributed by atoms with van der Waals surface area (Å²) in [5.41, 5.74) is 10.9. The summed E-state index contributed by atoms with van der Waals surface area (Å²) in [6.45, 7) is 1.21. The van der Waals surface area contributed by atoms with Gasteiger partial charge in [0.15, 0.2) is 0 Å². The molecule has 1 fully saturated rings. The Morgan fingerprint density at radius 3 is 2.57 bits per heavy atom. The van der Waals surface area contributed by atoms with Gasteiger partial charge in [-0.2, -0.15) is 13.2 Å². The molecule has 8 nitrogen and oxygen atoms in total. The second-order valence-corrected chi connectivity index (χ2v) is 8.28. The van der Waals surface area contributed by atoms with Crippen LogP contribution in [0.15, 0.2) is 36.8 Å². The molecule has 0 aliphatic carbocycles. The van der Waals surface area contributed by atoms with E-state index < -0.39 is 23.5 Å². The summed E-state index contributed by atoms with van der Waals surface area (Å²) in [6.07, 6.45) is 2.28. The van der Waals surface area contributed by atoms with E-state index >= 15 is 0 Å². The van der Waals surface area contributed by atoms with Crippen LogP contribution in [0.5, 0.6) is 0 Å². The number of rotatable bonds is 5. The quantitative estimate of drug-likeness (QED) is 0.419. The second-order valence-electron chi connectivity index (χ2n) is 8.28. The number of nitrogens with two attached hydrogens (primary N) is 2. The molecule has 1 aromatic carbocycles. The fourth-order valence-corrected chi connectivity index (χ4v) is 4.23. The lowest BCUT2D eigenvalue weighted by Gasteiger charge is -2.33. The molecule has 1 amide bonds. The zero-order valence-electron chi connectivity index (χ0n) is 18.8. The average Bonchev–Trinajstić information content (AvgIpc) is 3.19. The number of amides is 1. The first-order valence-electron chi connectivity index (χ1n) is 10.8. The molecule has 3 aromatic rings. The van der Waals surface area contributed by atoms with Crippen LogP contribution in [-0.4, -0.2) is 38.5 Å². The summed E-state index contributed by atoms with van der Waals surface area (Å²) >= 11 is 0. The fraction of sp³-hybridized carbons (Fsp3) is 0.304. The standard InChI is InChI=1S/C23H23F4N7O/c1-33-11-18(14-2-4-17(24)16(10-14)23(25,26)27)32-21(33)13-6-8-34(9-7-13)22-15(3-5-19(28)35)20(29)30-12-31-22/h2-5,10-13H,6-9H2,1H3,(H2,28,35)(H2,29,30,31)/b5-3+. The maximum absolute atomic E-state index is 13.7. The smallest absolute Gasteiger partial charge is 0.383 e. The normalized spacial score (nSPS) is 15.2. The number of anilines is 2. The van der Waals surface area contributed by atoms with Gasteiger partial charge in [-0.05, 0) is 37.1 Å². The molecule has 35 heavy (non-hydrogen) atoms. The predicted octanol–water partition coefficient (Wildman–Crippen LogP) is 3.50. The molecule has 4 N–H and O–H groups in total. The van der Waals surface area contributed by atoms with E-state index in [4.69, 9.17) is 11.5 Å². The number of aromatic nitrogens is 4. The van der Waals surface area contributed by atoms with Crippen molar-refractivity contribution in [3.05, 3.63) is 59.6 Å². The molecule has 0 unspecified atom stereocenters. The van der Waals surface area contributed by atoms with E-state index in [1.54, 1.807) is 17.8 Å². The number of nitrogen functional groups attached to an aromatic ring is 1. The van der Waals surface area contributed by atoms with Gasteiger partial charge in [-0.1, -0.05) is 0 Å². The number of nitrogens with zero attached hydrogens (tertiary/aromatic N) is 5. The van der Waals surface area contributed by atoms with Crippen LogP contribution >= 0.6 is 0 Å². The molecule has 184 valence electrons. The summed E-state index contributed by atoms with van der Waals surface area (Å²) in [5.74, 6) is -0.349. The van der Waals surface area contributed by atoms with Crippen molar-refractivity contribution in [1.29, 1.82) is 0 Å². The van der Waals surface area contributed by atoms with Crippen LogP contribution in [-0.2, 0) is 18.0 Å². The highest BCUT2D eigenvalue weighted by Crippen LogP contribution is 2.36. The Labute approximate surface area is 198 Å². The van der Waals surface area contributed by atoms with Crippen molar-refractivity contribution in [2.24, 2.45) is 12.8 Å². The first kappa shape index (κ1) is 24.2. The van der Waals surface area contributed by atoms with Crippen molar-refractivity contribution in [2.45, 2.75) is 24.9 Å². The number of aryl methyl sites for hydroxylation is 1. The van der Waals surface area contributed by atoms with E-state index in [0.717, 1.165) is 18.0 Å². The zero-order chi connectivity index (χ0) is 25.3. The van der Waals surface area contributed by atoms with E-state index in [0.29, 0.717) is 43.0 Å². The van der Waals surface area contributed by atoms with Gasteiger partial charge in [-0.3, -0.25) is 4.79 Å². The summed E-state index contributed by atoms with van der Waals surface area (Å²) in [6, 6.07) is 2.88. The van der Waals surface area contributed by atoms with Crippen LogP contribution in [0.2, 0.25) is 0 Å². The average molecular weight is 489 g/mol. The number of primary amides is 1. The van der Waals surface area contributed by atoms with Crippen molar-refractivity contribution in [1.82, 2.24) is 19.5 Å². The minimum Gasteiger partial charge on any atom is -0.383 e. The number of carbonyl (C=O) groups excluding carboxylic acids is 1. The summed E-state index contributed by atoms with van der Waals surface area (Å²) < 4.78 is 54.8. The van der Waals surface area contributed by atoms with Gasteiger partial charge in [0, 0.05) is 43.9 Å². The third kappa shape index (κ3) is 5.10. The number of alkyl halides is 3. The molecular weight excluding hydrogens is 466 g/mol. The second kappa shape index (κ2) is 9.35. The first-order chi connectivity index (χ1) is 16.5. The van der Waals surface area contributed by atoms with E-state index in [-0.39, 0.29) is 17.3 Å². The Morgan fingerprint density at radius 2 is 1.91 bits per heavy atom. The molecule has 1 saturated heterocycles. The molecule has 0 bridgehead atoms. The number of piperidine rings is 1. The largest absolute Gasteiger partial charge is 0.419 e. The van der Waals surface area contributed by atoms with Crippen molar-refractivity contribution in [3.63, 3.8) is 0 Å². The first-order valence-corrected chi connectivity index (χ1v) is 10.8. The topological polar surface area (TPSA) is 116 Å². The molecule has 0 saturated carbocycles. The van der Waals surface area contributed by atoms with Crippen molar-refractivity contribution >= 4 is 23.6 Å². The minimum absolute atomic E-state index is 0.0522. The third-order valence-electron chi connectivity index (χ3n) is 5.95. The van der Waals surface area contributed by atoms with Crippen molar-refractivity contribution in [3.8, 4) is 11.3 Å². The molecule has 1 aliphatic rings. The Kier molecular flexibility index (Phi) is 6.46. The predicted molar refractivity (Wildman–Crippen MR) is 122 cm³/mol. The summed E-state index contributed by atoms with van der Waals surface area (Å²) in [5, 5.41) is 0. The van der Waals surface area contributed by atoms with Crippen LogP contribution in [0.1, 0.15) is 35.7 Å². The number of halogens is 4. The van der Waals surface area contributed by atoms with E-state index in [2.05, 4.69) is 15.0 Å². The number of hydrogen-bond acceptors (Lipinski definition) is 6. The van der Waals surface area contributed by atoms with Gasteiger partial charge in [0.2, 0.25) is 5.91 Å². The van der Waals surface area contributed by atoms with E-state index in [1.165, 1.54) is 24.5 Å². The van der Waals surface area contributed by atoms with E-state index in [9.17, 15) is 22.4 Å². The SMILES string of the molecule is Cn1cc(-c2ccc(F)c(C(F)(F)F)c2)nc1C1CCN(c2ncnc(N)c2/C=C/C(N)=O)CC1. The lowest BCUT2D eigenvalue weighted by atomic mass is 9.95. The zero-order valence-corrected chi connectivity index (χ0v) is 18.8. The third-order valence-corrected chi connectivity index (χ3v) is 5.95. The molecule has 1 aliphatic heterocycles. The van der Waals surface area contributed by atoms with Gasteiger partial charge in [-0.15, -0.1) is 0 Å². The van der Waals surface area contributed by atoms with Gasteiger partial charge in [0.1, 0.15) is 29.6 Å². The van der Waals surface area contributed by atoms with Gasteiger partial charge in [0.25, 0.3) is 0 Å². The summed E-state index contributed by atoms with van der Waals surface area (Å²) in [4.78, 5) is 26.1. The minimum atomic E-state index is -4.79. The van der Waals surface area contributed by atoms with Crippen LogP contribution in [0.4, 0.5) is 29.2 Å². The van der Waals surface area contributed by atoms with Crippen LogP contribution in [0.3, 0.4) is 0 Å². The highest BCUT2D eigenvalue weighted by atomic mass is 19.4. The number of benzene rings is 1. The van der Waals surface area contributed by atoms with Gasteiger partial charge in [-0.25, -0.2) is 19.3 Å².